The van der Waals surface area contributed by atoms with Crippen LogP contribution < -0.4 is 10.1 Å². The third-order valence-corrected chi connectivity index (χ3v) is 5.41. The maximum absolute atomic E-state index is 12.2. The molecule has 5 nitrogen and oxygen atoms in total. The molecule has 0 fully saturated rings. The lowest BCUT2D eigenvalue weighted by Gasteiger charge is -2.10. The summed E-state index contributed by atoms with van der Waals surface area (Å²) >= 11 is 0. The first-order valence-electron chi connectivity index (χ1n) is 7.62. The number of carbonyl (C=O) groups is 1. The van der Waals surface area contributed by atoms with E-state index >= 15 is 0 Å². The molecule has 0 aliphatic rings. The molecular formula is C18H21NO4S. The zero-order chi connectivity index (χ0) is 17.7. The van der Waals surface area contributed by atoms with Gasteiger partial charge < -0.3 is 10.1 Å². The SMILES string of the molecule is CCS(=O)(=O)c1ccc(NC(=O)Cc2cc(C)ccc2OC)cc1. The largest absolute Gasteiger partial charge is 0.496 e. The predicted octanol–water partition coefficient (Wildman–Crippen LogP) is 2.98. The van der Waals surface area contributed by atoms with Crippen LogP contribution in [-0.2, 0) is 21.1 Å². The molecule has 24 heavy (non-hydrogen) atoms. The number of hydrogen-bond acceptors (Lipinski definition) is 4. The Morgan fingerprint density at radius 1 is 1.12 bits per heavy atom. The Balaban J connectivity index is 2.09. The maximum Gasteiger partial charge on any atom is 0.228 e. The second-order valence-corrected chi connectivity index (χ2v) is 7.75. The first kappa shape index (κ1) is 18.0. The van der Waals surface area contributed by atoms with Gasteiger partial charge in [-0.2, -0.15) is 0 Å². The normalized spacial score (nSPS) is 11.1. The maximum atomic E-state index is 12.2. The summed E-state index contributed by atoms with van der Waals surface area (Å²) in [5.74, 6) is 0.524. The number of carbonyl (C=O) groups excluding carboxylic acids is 1. The van der Waals surface area contributed by atoms with Crippen LogP contribution in [0.25, 0.3) is 0 Å². The van der Waals surface area contributed by atoms with Gasteiger partial charge in [0.1, 0.15) is 5.75 Å². The number of ether oxygens (including phenoxy) is 1. The molecule has 2 rings (SSSR count). The summed E-state index contributed by atoms with van der Waals surface area (Å²) in [6, 6.07) is 11.9. The Morgan fingerprint density at radius 3 is 2.38 bits per heavy atom. The van der Waals surface area contributed by atoms with Crippen molar-refractivity contribution in [2.45, 2.75) is 25.2 Å². The van der Waals surface area contributed by atoms with Crippen molar-refractivity contribution in [3.05, 3.63) is 53.6 Å². The lowest BCUT2D eigenvalue weighted by atomic mass is 10.1. The first-order valence-corrected chi connectivity index (χ1v) is 9.27. The highest BCUT2D eigenvalue weighted by Gasteiger charge is 2.12. The van der Waals surface area contributed by atoms with Gasteiger partial charge in [-0.05, 0) is 37.3 Å². The molecule has 0 saturated heterocycles. The van der Waals surface area contributed by atoms with Crippen molar-refractivity contribution in [2.24, 2.45) is 0 Å². The van der Waals surface area contributed by atoms with Gasteiger partial charge in [-0.1, -0.05) is 24.6 Å². The third-order valence-electron chi connectivity index (χ3n) is 3.66. The summed E-state index contributed by atoms with van der Waals surface area (Å²) in [6.07, 6.45) is 0.180. The Kier molecular flexibility index (Phi) is 5.62. The second kappa shape index (κ2) is 7.49. The molecule has 0 bridgehead atoms. The van der Waals surface area contributed by atoms with Crippen LogP contribution in [0.3, 0.4) is 0 Å². The summed E-state index contributed by atoms with van der Waals surface area (Å²) in [7, 11) is -1.67. The smallest absolute Gasteiger partial charge is 0.228 e. The second-order valence-electron chi connectivity index (χ2n) is 5.47. The minimum atomic E-state index is -3.23. The molecule has 2 aromatic carbocycles. The number of hydrogen-bond donors (Lipinski definition) is 1. The Hall–Kier alpha value is -2.34. The fraction of sp³-hybridized carbons (Fsp3) is 0.278. The van der Waals surface area contributed by atoms with Gasteiger partial charge in [-0.25, -0.2) is 8.42 Å². The average molecular weight is 347 g/mol. The monoisotopic (exact) mass is 347 g/mol. The minimum absolute atomic E-state index is 0.0475. The Labute approximate surface area is 142 Å². The number of nitrogens with one attached hydrogen (secondary N) is 1. The zero-order valence-electron chi connectivity index (χ0n) is 14.0. The van der Waals surface area contributed by atoms with Gasteiger partial charge in [-0.15, -0.1) is 0 Å². The van der Waals surface area contributed by atoms with Crippen LogP contribution in [-0.4, -0.2) is 27.2 Å². The van der Waals surface area contributed by atoms with Crippen LogP contribution in [0.1, 0.15) is 18.1 Å². The van der Waals surface area contributed by atoms with Crippen molar-refractivity contribution in [1.29, 1.82) is 0 Å². The molecule has 1 N–H and O–H groups in total. The molecule has 2 aromatic rings. The van der Waals surface area contributed by atoms with Gasteiger partial charge in [0, 0.05) is 11.3 Å². The lowest BCUT2D eigenvalue weighted by molar-refractivity contribution is -0.115. The number of rotatable bonds is 6. The highest BCUT2D eigenvalue weighted by molar-refractivity contribution is 7.91. The van der Waals surface area contributed by atoms with Crippen LogP contribution in [0.4, 0.5) is 5.69 Å². The quantitative estimate of drug-likeness (QED) is 0.872. The number of amides is 1. The Morgan fingerprint density at radius 2 is 1.79 bits per heavy atom. The molecule has 0 saturated carbocycles. The highest BCUT2D eigenvalue weighted by Crippen LogP contribution is 2.21. The summed E-state index contributed by atoms with van der Waals surface area (Å²) in [6.45, 7) is 3.55. The number of methoxy groups -OCH3 is 1. The van der Waals surface area contributed by atoms with Gasteiger partial charge >= 0.3 is 0 Å². The van der Waals surface area contributed by atoms with E-state index in [0.717, 1.165) is 11.1 Å². The van der Waals surface area contributed by atoms with Gasteiger partial charge in [0.25, 0.3) is 0 Å². The summed E-state index contributed by atoms with van der Waals surface area (Å²) in [5.41, 5.74) is 2.41. The molecule has 0 aliphatic heterocycles. The lowest BCUT2D eigenvalue weighted by Crippen LogP contribution is -2.15. The number of benzene rings is 2. The number of aryl methyl sites for hydroxylation is 1. The van der Waals surface area contributed by atoms with Crippen LogP contribution in [0, 0.1) is 6.92 Å². The molecule has 128 valence electrons. The first-order chi connectivity index (χ1) is 11.4. The summed E-state index contributed by atoms with van der Waals surface area (Å²) < 4.78 is 28.8. The molecule has 0 aliphatic carbocycles. The standard InChI is InChI=1S/C18H21NO4S/c1-4-24(21,22)16-8-6-15(7-9-16)19-18(20)12-14-11-13(2)5-10-17(14)23-3/h5-11H,4,12H2,1-3H3,(H,19,20). The fourth-order valence-electron chi connectivity index (χ4n) is 2.34. The highest BCUT2D eigenvalue weighted by atomic mass is 32.2. The predicted molar refractivity (Wildman–Crippen MR) is 94.2 cm³/mol. The van der Waals surface area contributed by atoms with E-state index in [0.29, 0.717) is 11.4 Å². The van der Waals surface area contributed by atoms with E-state index in [1.807, 2.05) is 25.1 Å². The topological polar surface area (TPSA) is 72.5 Å². The molecular weight excluding hydrogens is 326 g/mol. The third kappa shape index (κ3) is 4.35. The van der Waals surface area contributed by atoms with Crippen molar-refractivity contribution in [3.63, 3.8) is 0 Å². The van der Waals surface area contributed by atoms with Gasteiger partial charge in [0.05, 0.1) is 24.2 Å². The van der Waals surface area contributed by atoms with Crippen LogP contribution >= 0.6 is 0 Å². The molecule has 0 aromatic heterocycles. The van der Waals surface area contributed by atoms with E-state index in [-0.39, 0.29) is 23.0 Å². The van der Waals surface area contributed by atoms with E-state index in [1.54, 1.807) is 26.2 Å². The Bertz CT molecular complexity index is 827. The van der Waals surface area contributed by atoms with Gasteiger partial charge in [0.15, 0.2) is 9.84 Å². The van der Waals surface area contributed by atoms with Crippen molar-refractivity contribution < 1.29 is 17.9 Å². The van der Waals surface area contributed by atoms with Crippen molar-refractivity contribution in [2.75, 3.05) is 18.2 Å². The summed E-state index contributed by atoms with van der Waals surface area (Å²) in [4.78, 5) is 12.5. The van der Waals surface area contributed by atoms with E-state index in [9.17, 15) is 13.2 Å². The molecule has 6 heteroatoms. The van der Waals surface area contributed by atoms with E-state index < -0.39 is 9.84 Å². The van der Waals surface area contributed by atoms with Crippen LogP contribution in [0.2, 0.25) is 0 Å². The molecule has 0 radical (unpaired) electrons. The van der Waals surface area contributed by atoms with Crippen molar-refractivity contribution in [3.8, 4) is 5.75 Å². The molecule has 1 amide bonds. The molecule has 0 heterocycles. The van der Waals surface area contributed by atoms with Crippen molar-refractivity contribution in [1.82, 2.24) is 0 Å². The van der Waals surface area contributed by atoms with Gasteiger partial charge in [0.2, 0.25) is 5.91 Å². The number of sulfone groups is 1. The molecule has 0 atom stereocenters. The van der Waals surface area contributed by atoms with E-state index in [4.69, 9.17) is 4.74 Å². The zero-order valence-corrected chi connectivity index (χ0v) is 14.8. The van der Waals surface area contributed by atoms with Gasteiger partial charge in [-0.3, -0.25) is 4.79 Å². The fourth-order valence-corrected chi connectivity index (χ4v) is 3.22. The van der Waals surface area contributed by atoms with Crippen LogP contribution in [0.15, 0.2) is 47.4 Å². The van der Waals surface area contributed by atoms with E-state index in [2.05, 4.69) is 5.32 Å². The van der Waals surface area contributed by atoms with E-state index in [1.165, 1.54) is 12.1 Å². The molecule has 0 spiro atoms. The minimum Gasteiger partial charge on any atom is -0.496 e. The van der Waals surface area contributed by atoms with Crippen LogP contribution in [0.5, 0.6) is 5.75 Å². The number of anilines is 1. The average Bonchev–Trinajstić information content (AvgIpc) is 2.55. The molecule has 0 unspecified atom stereocenters. The summed E-state index contributed by atoms with van der Waals surface area (Å²) in [5, 5.41) is 2.77. The van der Waals surface area contributed by atoms with Crippen molar-refractivity contribution >= 4 is 21.4 Å².